The van der Waals surface area contributed by atoms with Crippen LogP contribution < -0.4 is 0 Å². The van der Waals surface area contributed by atoms with E-state index in [4.69, 9.17) is 15.0 Å². The van der Waals surface area contributed by atoms with Gasteiger partial charge in [-0.3, -0.25) is 0 Å². The molecule has 16 rings (SSSR count). The molecule has 0 aliphatic heterocycles. The second-order valence-corrected chi connectivity index (χ2v) is 23.2. The molecule has 0 saturated heterocycles. The van der Waals surface area contributed by atoms with E-state index in [2.05, 4.69) is 212 Å². The van der Waals surface area contributed by atoms with Crippen molar-refractivity contribution in [2.24, 2.45) is 11.8 Å². The Bertz CT molecular complexity index is 3840. The fourth-order valence-corrected chi connectivity index (χ4v) is 17.4. The van der Waals surface area contributed by atoms with Crippen molar-refractivity contribution in [3.8, 4) is 78.7 Å². The van der Waals surface area contributed by atoms with Gasteiger partial charge in [-0.2, -0.15) is 0 Å². The fraction of sp³-hybridized carbons (Fsp3) is 0.208. The van der Waals surface area contributed by atoms with Gasteiger partial charge in [-0.1, -0.05) is 224 Å². The maximum atomic E-state index is 5.18. The highest BCUT2D eigenvalue weighted by Gasteiger charge is 2.71. The molecular weight excluding hydrogens is 907 g/mol. The minimum Gasteiger partial charge on any atom is -0.208 e. The maximum Gasteiger partial charge on any atom is 0.164 e. The van der Waals surface area contributed by atoms with E-state index < -0.39 is 0 Å². The molecule has 6 bridgehead atoms. The molecule has 7 atom stereocenters. The lowest BCUT2D eigenvalue weighted by atomic mass is 9.35. The average Bonchev–Trinajstić information content (AvgIpc) is 3.70. The summed E-state index contributed by atoms with van der Waals surface area (Å²) >= 11 is 0. The number of nitrogens with zero attached hydrogens (tertiary/aromatic N) is 3. The molecule has 0 radical (unpaired) electrons. The molecule has 75 heavy (non-hydrogen) atoms. The normalized spacial score (nSPS) is 25.1. The zero-order valence-electron chi connectivity index (χ0n) is 42.2. The molecule has 0 amide bonds. The van der Waals surface area contributed by atoms with Gasteiger partial charge in [0.05, 0.1) is 0 Å². The third kappa shape index (κ3) is 6.37. The van der Waals surface area contributed by atoms with Crippen LogP contribution in [0.15, 0.2) is 224 Å². The standard InChI is InChI=1S/C72H57N3/c1-3-18-48(19-4-1)66-73-67(49-20-5-2-6-21-49)75-68(74-66)50-36-34-47(35-37-50)57-30-17-31-62-59-27-12-10-25-56(59)53-44-71-43-52(55-24-9-11-26-58(55)61-29-14-16-33-64(61)71)42-70-39-38-46(41-72(45-53,65(57)62)69(70)71)40-51-22-7-8-23-54(51)60-28-13-15-32-63(60)70/h1-37,46,52-53,69H,38-45H2. The van der Waals surface area contributed by atoms with Crippen LogP contribution in [0.4, 0.5) is 0 Å². The van der Waals surface area contributed by atoms with Crippen molar-refractivity contribution in [3.63, 3.8) is 0 Å². The first-order valence-electron chi connectivity index (χ1n) is 27.6. The summed E-state index contributed by atoms with van der Waals surface area (Å²) in [6.07, 6.45) is 9.31. The zero-order chi connectivity index (χ0) is 49.3. The average molecular weight is 964 g/mol. The Hall–Kier alpha value is -8.01. The Balaban J connectivity index is 0.975. The van der Waals surface area contributed by atoms with Crippen molar-refractivity contribution in [2.75, 3.05) is 0 Å². The van der Waals surface area contributed by atoms with Gasteiger partial charge in [0.2, 0.25) is 0 Å². The van der Waals surface area contributed by atoms with Crippen LogP contribution in [0.1, 0.15) is 90.2 Å². The second kappa shape index (κ2) is 16.5. The molecule has 360 valence electrons. The number of hydrogen-bond donors (Lipinski definition) is 0. The van der Waals surface area contributed by atoms with Crippen molar-refractivity contribution in [1.82, 2.24) is 15.0 Å². The first-order valence-corrected chi connectivity index (χ1v) is 27.6. The van der Waals surface area contributed by atoms with Crippen LogP contribution in [0.3, 0.4) is 0 Å². The predicted molar refractivity (Wildman–Crippen MR) is 304 cm³/mol. The molecule has 0 N–H and O–H groups in total. The number of aromatic nitrogens is 3. The molecule has 9 aromatic carbocycles. The topological polar surface area (TPSA) is 38.7 Å². The Morgan fingerprint density at radius 3 is 1.40 bits per heavy atom. The minimum atomic E-state index is -0.176. The van der Waals surface area contributed by atoms with Crippen LogP contribution in [-0.2, 0) is 22.7 Å². The summed E-state index contributed by atoms with van der Waals surface area (Å²) in [6.45, 7) is 0. The Kier molecular flexibility index (Phi) is 9.54. The van der Waals surface area contributed by atoms with E-state index in [1.807, 2.05) is 12.1 Å². The lowest BCUT2D eigenvalue weighted by Gasteiger charge is -2.67. The van der Waals surface area contributed by atoms with Crippen molar-refractivity contribution in [1.29, 1.82) is 0 Å². The van der Waals surface area contributed by atoms with E-state index in [9.17, 15) is 0 Å². The largest absolute Gasteiger partial charge is 0.208 e. The smallest absolute Gasteiger partial charge is 0.164 e. The van der Waals surface area contributed by atoms with E-state index >= 15 is 0 Å². The van der Waals surface area contributed by atoms with E-state index in [0.29, 0.717) is 41.1 Å². The molecule has 10 aromatic rings. The second-order valence-electron chi connectivity index (χ2n) is 23.2. The Morgan fingerprint density at radius 2 is 0.760 bits per heavy atom. The highest BCUT2D eigenvalue weighted by Crippen LogP contribution is 2.77. The van der Waals surface area contributed by atoms with Gasteiger partial charge < -0.3 is 0 Å². The third-order valence-electron chi connectivity index (χ3n) is 19.6. The van der Waals surface area contributed by atoms with Crippen LogP contribution >= 0.6 is 0 Å². The number of hydrogen-bond acceptors (Lipinski definition) is 3. The Labute approximate surface area is 440 Å². The van der Waals surface area contributed by atoms with Gasteiger partial charge in [0.1, 0.15) is 0 Å². The summed E-state index contributed by atoms with van der Waals surface area (Å²) in [5.41, 5.74) is 23.3. The predicted octanol–water partition coefficient (Wildman–Crippen LogP) is 17.4. The van der Waals surface area contributed by atoms with Crippen LogP contribution in [0, 0.1) is 11.8 Å². The summed E-state index contributed by atoms with van der Waals surface area (Å²) in [5, 5.41) is 0. The molecule has 1 heterocycles. The first kappa shape index (κ1) is 43.4. The summed E-state index contributed by atoms with van der Waals surface area (Å²) in [7, 11) is 0. The van der Waals surface area contributed by atoms with Gasteiger partial charge in [-0.05, 0) is 153 Å². The zero-order valence-corrected chi connectivity index (χ0v) is 42.2. The minimum absolute atomic E-state index is 0.112. The molecule has 6 aliphatic rings. The monoisotopic (exact) mass is 963 g/mol. The molecule has 6 aliphatic carbocycles. The van der Waals surface area contributed by atoms with Crippen molar-refractivity contribution in [3.05, 3.63) is 258 Å². The molecule has 3 spiro atoms. The van der Waals surface area contributed by atoms with E-state index in [-0.39, 0.29) is 16.2 Å². The molecule has 3 nitrogen and oxygen atoms in total. The van der Waals surface area contributed by atoms with E-state index in [1.54, 1.807) is 27.8 Å². The van der Waals surface area contributed by atoms with Gasteiger partial charge in [0.15, 0.2) is 17.5 Å². The van der Waals surface area contributed by atoms with Crippen LogP contribution in [0.2, 0.25) is 0 Å². The van der Waals surface area contributed by atoms with E-state index in [0.717, 1.165) is 42.4 Å². The fourth-order valence-electron chi connectivity index (χ4n) is 17.4. The highest BCUT2D eigenvalue weighted by molar-refractivity contribution is 5.86. The Morgan fingerprint density at radius 1 is 0.320 bits per heavy atom. The highest BCUT2D eigenvalue weighted by atomic mass is 15.0. The molecule has 7 unspecified atom stereocenters. The summed E-state index contributed by atoms with van der Waals surface area (Å²) in [6, 6.07) is 85.8. The SMILES string of the molecule is c1ccc(-c2nc(-c3ccccc3)nc(-c3ccc(-c4cccc5c4C46CC7CCC8(CC9CC(CC(C4)c4ccccc4-5)(c4ccccc4-c4ccccc49)C86)c4ccccc4-c4ccccc4C7)cc3)n2)cc1. The first-order chi connectivity index (χ1) is 37.1. The van der Waals surface area contributed by atoms with Gasteiger partial charge in [-0.15, -0.1) is 0 Å². The van der Waals surface area contributed by atoms with Gasteiger partial charge in [0, 0.05) is 32.9 Å². The third-order valence-corrected chi connectivity index (χ3v) is 19.6. The summed E-state index contributed by atoms with van der Waals surface area (Å²) in [5.74, 6) is 3.68. The van der Waals surface area contributed by atoms with Crippen molar-refractivity contribution < 1.29 is 0 Å². The lowest BCUT2D eigenvalue weighted by Crippen LogP contribution is -2.64. The van der Waals surface area contributed by atoms with Crippen LogP contribution in [0.5, 0.6) is 0 Å². The van der Waals surface area contributed by atoms with Gasteiger partial charge in [-0.25, -0.2) is 15.0 Å². The van der Waals surface area contributed by atoms with Crippen LogP contribution in [-0.4, -0.2) is 15.0 Å². The molecule has 3 saturated carbocycles. The molecular formula is C72H57N3. The van der Waals surface area contributed by atoms with Crippen LogP contribution in [0.25, 0.3) is 78.7 Å². The molecule has 3 heteroatoms. The molecule has 3 fully saturated rings. The van der Waals surface area contributed by atoms with Crippen molar-refractivity contribution in [2.45, 2.75) is 79.4 Å². The molecule has 1 aromatic heterocycles. The van der Waals surface area contributed by atoms with Gasteiger partial charge >= 0.3 is 0 Å². The number of benzene rings is 9. The summed E-state index contributed by atoms with van der Waals surface area (Å²) < 4.78 is 0. The lowest BCUT2D eigenvalue weighted by molar-refractivity contribution is -0.0421. The quantitative estimate of drug-likeness (QED) is 0.176. The van der Waals surface area contributed by atoms with Crippen molar-refractivity contribution >= 4 is 0 Å². The summed E-state index contributed by atoms with van der Waals surface area (Å²) in [4.78, 5) is 15.4. The number of rotatable bonds is 4. The number of fused-ring (bicyclic) bond motifs is 15. The van der Waals surface area contributed by atoms with Gasteiger partial charge in [0.25, 0.3) is 0 Å². The van der Waals surface area contributed by atoms with E-state index in [1.165, 1.54) is 75.8 Å². The maximum absolute atomic E-state index is 5.18.